The van der Waals surface area contributed by atoms with Gasteiger partial charge in [0.25, 0.3) is 5.91 Å². The molecular formula is C34H51N5O7. The molecule has 2 aliphatic rings. The zero-order valence-electron chi connectivity index (χ0n) is 28.3. The average molecular weight is 642 g/mol. The minimum absolute atomic E-state index is 0.0329. The highest BCUT2D eigenvalue weighted by Gasteiger charge is 2.45. The van der Waals surface area contributed by atoms with Gasteiger partial charge in [0.15, 0.2) is 0 Å². The van der Waals surface area contributed by atoms with Crippen molar-refractivity contribution in [1.29, 1.82) is 0 Å². The van der Waals surface area contributed by atoms with Crippen molar-refractivity contribution >= 4 is 35.5 Å². The number of benzene rings is 1. The van der Waals surface area contributed by atoms with Crippen LogP contribution in [0.1, 0.15) is 92.7 Å². The van der Waals surface area contributed by atoms with E-state index in [1.165, 1.54) is 4.90 Å². The highest BCUT2D eigenvalue weighted by atomic mass is 16.5. The average Bonchev–Trinajstić information content (AvgIpc) is 3.69. The molecule has 1 aromatic carbocycles. The quantitative estimate of drug-likeness (QED) is 0.200. The molecule has 254 valence electrons. The highest BCUT2D eigenvalue weighted by Crippen LogP contribution is 2.34. The molecule has 0 spiro atoms. The fourth-order valence-corrected chi connectivity index (χ4v) is 5.68. The summed E-state index contributed by atoms with van der Waals surface area (Å²) in [6.07, 6.45) is 1.93. The predicted octanol–water partition coefficient (Wildman–Crippen LogP) is 3.00. The molecule has 3 rings (SSSR count). The number of hydrogen-bond acceptors (Lipinski definition) is 7. The van der Waals surface area contributed by atoms with Crippen molar-refractivity contribution in [2.24, 2.45) is 28.4 Å². The van der Waals surface area contributed by atoms with Crippen molar-refractivity contribution in [2.45, 2.75) is 111 Å². The second kappa shape index (κ2) is 14.6. The van der Waals surface area contributed by atoms with E-state index in [1.807, 2.05) is 37.3 Å². The molecule has 6 atom stereocenters. The van der Waals surface area contributed by atoms with Gasteiger partial charge in [-0.2, -0.15) is 0 Å². The van der Waals surface area contributed by atoms with Crippen LogP contribution in [0, 0.1) is 22.7 Å². The lowest BCUT2D eigenvalue weighted by atomic mass is 9.85. The van der Waals surface area contributed by atoms with Crippen LogP contribution in [0.5, 0.6) is 0 Å². The second-order valence-corrected chi connectivity index (χ2v) is 15.0. The summed E-state index contributed by atoms with van der Waals surface area (Å²) in [4.78, 5) is 79.9. The van der Waals surface area contributed by atoms with E-state index in [9.17, 15) is 28.8 Å². The number of ketones is 1. The molecule has 0 radical (unpaired) electrons. The Kier molecular flexibility index (Phi) is 11.6. The minimum Gasteiger partial charge on any atom is -0.456 e. The van der Waals surface area contributed by atoms with Crippen LogP contribution in [-0.4, -0.2) is 71.1 Å². The number of nitrogens with two attached hydrogens (primary N) is 1. The number of ether oxygens (including phenoxy) is 1. The Bertz CT molecular complexity index is 1300. The number of esters is 1. The SMILES string of the molecule is C[C@@H]1C[C@@H](C(=O)NC(CC2CC2)C(=O)C(N)=O)N(C(=O)[C@@H](NC(=O)N[C@H](C(=O)O[C@@H](C)c2ccccc2)C(C)(C)C)C(C)(C)C)C1. The smallest absolute Gasteiger partial charge is 0.329 e. The summed E-state index contributed by atoms with van der Waals surface area (Å²) in [5.41, 5.74) is 4.55. The van der Waals surface area contributed by atoms with E-state index >= 15 is 0 Å². The summed E-state index contributed by atoms with van der Waals surface area (Å²) in [6.45, 7) is 14.7. The molecule has 1 saturated carbocycles. The maximum atomic E-state index is 14.1. The van der Waals surface area contributed by atoms with Crippen molar-refractivity contribution in [3.05, 3.63) is 35.9 Å². The van der Waals surface area contributed by atoms with Crippen LogP contribution in [0.4, 0.5) is 4.79 Å². The van der Waals surface area contributed by atoms with Crippen molar-refractivity contribution in [3.8, 4) is 0 Å². The molecule has 12 nitrogen and oxygen atoms in total. The van der Waals surface area contributed by atoms with Crippen LogP contribution in [-0.2, 0) is 28.7 Å². The first-order chi connectivity index (χ1) is 21.3. The summed E-state index contributed by atoms with van der Waals surface area (Å²) in [6, 6.07) is 4.46. The van der Waals surface area contributed by atoms with Gasteiger partial charge in [-0.25, -0.2) is 9.59 Å². The molecule has 2 fully saturated rings. The monoisotopic (exact) mass is 641 g/mol. The number of carbonyl (C=O) groups is 6. The van der Waals surface area contributed by atoms with Crippen LogP contribution in [0.15, 0.2) is 30.3 Å². The molecule has 1 aromatic rings. The van der Waals surface area contributed by atoms with Crippen molar-refractivity contribution in [2.75, 3.05) is 6.54 Å². The number of amides is 5. The van der Waals surface area contributed by atoms with Gasteiger partial charge in [0.1, 0.15) is 24.2 Å². The number of urea groups is 1. The fourth-order valence-electron chi connectivity index (χ4n) is 5.68. The predicted molar refractivity (Wildman–Crippen MR) is 172 cm³/mol. The fraction of sp³-hybridized carbons (Fsp3) is 0.647. The number of nitrogens with zero attached hydrogens (tertiary/aromatic N) is 1. The molecular weight excluding hydrogens is 590 g/mol. The minimum atomic E-state index is -1.12. The number of likely N-dealkylation sites (tertiary alicyclic amines) is 1. The lowest BCUT2D eigenvalue weighted by molar-refractivity contribution is -0.153. The van der Waals surface area contributed by atoms with Gasteiger partial charge in [0.05, 0.1) is 6.04 Å². The first-order valence-electron chi connectivity index (χ1n) is 16.1. The molecule has 1 aliphatic carbocycles. The summed E-state index contributed by atoms with van der Waals surface area (Å²) in [7, 11) is 0. The summed E-state index contributed by atoms with van der Waals surface area (Å²) in [5.74, 6) is -3.41. The Labute approximate surface area is 271 Å². The Morgan fingerprint density at radius 3 is 2.00 bits per heavy atom. The Morgan fingerprint density at radius 2 is 1.48 bits per heavy atom. The highest BCUT2D eigenvalue weighted by molar-refractivity contribution is 6.37. The van der Waals surface area contributed by atoms with Gasteiger partial charge in [-0.1, -0.05) is 91.6 Å². The van der Waals surface area contributed by atoms with Crippen LogP contribution in [0.2, 0.25) is 0 Å². The van der Waals surface area contributed by atoms with Crippen molar-refractivity contribution in [3.63, 3.8) is 0 Å². The van der Waals surface area contributed by atoms with Crippen LogP contribution in [0.25, 0.3) is 0 Å². The van der Waals surface area contributed by atoms with Crippen LogP contribution >= 0.6 is 0 Å². The Hall–Kier alpha value is -3.96. The Balaban J connectivity index is 1.75. The summed E-state index contributed by atoms with van der Waals surface area (Å²) >= 11 is 0. The van der Waals surface area contributed by atoms with E-state index in [-0.39, 0.29) is 18.4 Å². The number of rotatable bonds is 12. The molecule has 1 saturated heterocycles. The van der Waals surface area contributed by atoms with E-state index in [4.69, 9.17) is 10.5 Å². The summed E-state index contributed by atoms with van der Waals surface area (Å²) in [5, 5.41) is 8.17. The van der Waals surface area contributed by atoms with Gasteiger partial charge in [0, 0.05) is 6.54 Å². The van der Waals surface area contributed by atoms with Gasteiger partial charge in [-0.15, -0.1) is 0 Å². The number of hydrogen-bond donors (Lipinski definition) is 4. The maximum Gasteiger partial charge on any atom is 0.329 e. The normalized spacial score (nSPS) is 20.9. The standard InChI is InChI=1S/C34H51N5O7/c1-19-16-24(29(42)36-23(17-21-14-15-21)25(40)28(35)41)39(18-19)30(43)26(33(3,4)5)37-32(45)38-27(34(6,7)8)31(44)46-20(2)22-12-10-9-11-13-22/h9-13,19-21,23-24,26-27H,14-18H2,1-8H3,(H2,35,41)(H,36,42)(H2,37,38,45)/t19-,20+,23?,24+,26-,27-/m1/s1. The first kappa shape index (κ1) is 36.5. The van der Waals surface area contributed by atoms with Crippen LogP contribution < -0.4 is 21.7 Å². The topological polar surface area (TPSA) is 177 Å². The molecule has 1 unspecified atom stereocenters. The number of primary amides is 1. The van der Waals surface area contributed by atoms with E-state index in [0.29, 0.717) is 12.8 Å². The summed E-state index contributed by atoms with van der Waals surface area (Å²) < 4.78 is 5.72. The van der Waals surface area contributed by atoms with Gasteiger partial charge >= 0.3 is 12.0 Å². The van der Waals surface area contributed by atoms with Crippen LogP contribution in [0.3, 0.4) is 0 Å². The number of nitrogens with one attached hydrogen (secondary N) is 3. The zero-order valence-corrected chi connectivity index (χ0v) is 28.3. The molecule has 1 aliphatic heterocycles. The molecule has 12 heteroatoms. The van der Waals surface area contributed by atoms with Gasteiger partial charge < -0.3 is 31.3 Å². The molecule has 5 amide bonds. The second-order valence-electron chi connectivity index (χ2n) is 15.0. The van der Waals surface area contributed by atoms with Gasteiger partial charge in [-0.3, -0.25) is 19.2 Å². The maximum absolute atomic E-state index is 14.1. The molecule has 0 bridgehead atoms. The van der Waals surface area contributed by atoms with Crippen molar-refractivity contribution < 1.29 is 33.5 Å². The van der Waals surface area contributed by atoms with E-state index in [1.54, 1.807) is 48.5 Å². The largest absolute Gasteiger partial charge is 0.456 e. The van der Waals surface area contributed by atoms with Gasteiger partial charge in [-0.05, 0) is 48.0 Å². The molecule has 0 aromatic heterocycles. The first-order valence-corrected chi connectivity index (χ1v) is 16.1. The lowest BCUT2D eigenvalue weighted by Gasteiger charge is -2.36. The van der Waals surface area contributed by atoms with Gasteiger partial charge in [0.2, 0.25) is 17.6 Å². The van der Waals surface area contributed by atoms with Crippen molar-refractivity contribution in [1.82, 2.24) is 20.9 Å². The van der Waals surface area contributed by atoms with E-state index in [2.05, 4.69) is 16.0 Å². The molecule has 1 heterocycles. The third-order valence-corrected chi connectivity index (χ3v) is 8.57. The third kappa shape index (κ3) is 9.77. The van der Waals surface area contributed by atoms with E-state index < -0.39 is 76.6 Å². The molecule has 5 N–H and O–H groups in total. The number of carbonyl (C=O) groups excluding carboxylic acids is 6. The Morgan fingerprint density at radius 1 is 0.913 bits per heavy atom. The van der Waals surface area contributed by atoms with E-state index in [0.717, 1.165) is 18.4 Å². The zero-order chi connectivity index (χ0) is 34.6. The lowest BCUT2D eigenvalue weighted by Crippen LogP contribution is -2.61. The third-order valence-electron chi connectivity index (χ3n) is 8.57. The molecule has 46 heavy (non-hydrogen) atoms. The number of Topliss-reactive ketones (excluding diaryl/α,β-unsaturated/α-hetero) is 1.